The largest absolute Gasteiger partial charge is 0.442 e. The van der Waals surface area contributed by atoms with Gasteiger partial charge in [-0.1, -0.05) is 6.55 Å². The van der Waals surface area contributed by atoms with Crippen molar-refractivity contribution in [1.82, 2.24) is 0 Å². The maximum Gasteiger partial charge on any atom is 0.312 e. The van der Waals surface area contributed by atoms with Gasteiger partial charge in [-0.2, -0.15) is 0 Å². The molecule has 0 amide bonds. The molecule has 0 atom stereocenters. The fraction of sp³-hybridized carbons (Fsp3) is 0.667. The summed E-state index contributed by atoms with van der Waals surface area (Å²) in [4.78, 5) is 0. The van der Waals surface area contributed by atoms with E-state index in [0.717, 1.165) is 0 Å². The van der Waals surface area contributed by atoms with Gasteiger partial charge in [0.25, 0.3) is 0 Å². The van der Waals surface area contributed by atoms with Crippen molar-refractivity contribution >= 4 is 35.2 Å². The van der Waals surface area contributed by atoms with Crippen molar-refractivity contribution in [3.05, 3.63) is 26.3 Å². The average molecular weight is 339 g/mol. The van der Waals surface area contributed by atoms with E-state index in [1.165, 1.54) is 0 Å². The topological polar surface area (TPSA) is 27.7 Å². The average Bonchev–Trinajstić information content (AvgIpc) is 2.17. The summed E-state index contributed by atoms with van der Waals surface area (Å²) >= 11 is 0. The highest BCUT2D eigenvalue weighted by Gasteiger charge is 2.38. The Labute approximate surface area is 126 Å². The van der Waals surface area contributed by atoms with Gasteiger partial charge in [0.1, 0.15) is 9.76 Å². The first kappa shape index (κ1) is 24.3. The molecule has 0 aromatic heterocycles. The maximum atomic E-state index is 6.14. The smallest absolute Gasteiger partial charge is 0.312 e. The van der Waals surface area contributed by atoms with Gasteiger partial charge >= 0.3 is 17.1 Å². The molecule has 0 saturated heterocycles. The molecule has 0 aliphatic rings. The molecular weight excluding hydrogens is 304 g/mol. The van der Waals surface area contributed by atoms with Crippen LogP contribution >= 0.6 is 0 Å². The number of hydrogen-bond donors (Lipinski definition) is 0. The lowest BCUT2D eigenvalue weighted by atomic mass is 11.3. The predicted molar refractivity (Wildman–Crippen MR) is 98.5 cm³/mol. The Morgan fingerprint density at radius 2 is 1.05 bits per heavy atom. The van der Waals surface area contributed by atoms with Crippen LogP contribution in [0, 0.1) is 0 Å². The molecule has 7 heteroatoms. The Kier molecular flexibility index (Phi) is 14.0. The fourth-order valence-corrected chi connectivity index (χ4v) is 16.5. The first-order chi connectivity index (χ1) is 8.47. The molecule has 0 N–H and O–H groups in total. The summed E-state index contributed by atoms with van der Waals surface area (Å²) in [6, 6.07) is 0. The van der Waals surface area contributed by atoms with E-state index in [1.54, 1.807) is 0 Å². The molecule has 0 radical (unpaired) electrons. The van der Waals surface area contributed by atoms with Crippen LogP contribution in [0.4, 0.5) is 0 Å². The molecule has 0 rings (SSSR count). The maximum absolute atomic E-state index is 6.14. The van der Waals surface area contributed by atoms with Crippen LogP contribution < -0.4 is 0 Å². The Bertz CT molecular complexity index is 226. The summed E-state index contributed by atoms with van der Waals surface area (Å²) < 4.78 is 18.1. The van der Waals surface area contributed by atoms with Gasteiger partial charge in [-0.15, -0.1) is 26.3 Å². The molecule has 19 heavy (non-hydrogen) atoms. The normalized spacial score (nSPS) is 12.4. The standard InChI is InChI=1S/C8H26O3Si4.2C2H4/c1-12-9-14(5,6)11-15(7,8)10-13(2,3)4;2*1-2/h12H2,1-8H3;2*1-2H2. The van der Waals surface area contributed by atoms with E-state index < -0.39 is 25.4 Å². The number of rotatable bonds is 6. The van der Waals surface area contributed by atoms with Gasteiger partial charge in [-0.3, -0.25) is 0 Å². The van der Waals surface area contributed by atoms with Crippen molar-refractivity contribution in [3.8, 4) is 0 Å². The summed E-state index contributed by atoms with van der Waals surface area (Å²) in [7, 11) is -5.80. The Morgan fingerprint density at radius 3 is 1.32 bits per heavy atom. The van der Waals surface area contributed by atoms with E-state index in [-0.39, 0.29) is 9.76 Å². The lowest BCUT2D eigenvalue weighted by molar-refractivity contribution is 0.339. The van der Waals surface area contributed by atoms with Crippen molar-refractivity contribution in [2.24, 2.45) is 0 Å². The zero-order chi connectivity index (χ0) is 16.3. The van der Waals surface area contributed by atoms with E-state index in [0.29, 0.717) is 0 Å². The Balaban J connectivity index is -0.000000579. The SMILES string of the molecule is C=C.C=C.C[SiH2]O[Si](C)(C)O[Si](C)(C)O[Si](C)(C)C. The highest BCUT2D eigenvalue weighted by atomic mass is 28.5. The van der Waals surface area contributed by atoms with Crippen molar-refractivity contribution in [2.45, 2.75) is 52.4 Å². The van der Waals surface area contributed by atoms with Gasteiger partial charge in [0.15, 0.2) is 8.32 Å². The van der Waals surface area contributed by atoms with E-state index in [9.17, 15) is 0 Å². The van der Waals surface area contributed by atoms with Crippen LogP contribution in [-0.2, 0) is 12.3 Å². The summed E-state index contributed by atoms with van der Waals surface area (Å²) in [6.07, 6.45) is 0. The van der Waals surface area contributed by atoms with Crippen LogP contribution in [0.5, 0.6) is 0 Å². The number of hydrogen-bond acceptors (Lipinski definition) is 3. The Hall–Kier alpha value is 0.228. The second-order valence-electron chi connectivity index (χ2n) is 5.55. The van der Waals surface area contributed by atoms with Crippen LogP contribution in [0.2, 0.25) is 52.4 Å². The van der Waals surface area contributed by atoms with E-state index in [4.69, 9.17) is 12.3 Å². The molecule has 0 fully saturated rings. The third kappa shape index (κ3) is 18.2. The molecule has 0 spiro atoms. The van der Waals surface area contributed by atoms with Crippen LogP contribution in [0.15, 0.2) is 26.3 Å². The predicted octanol–water partition coefficient (Wildman–Crippen LogP) is 4.01. The highest BCUT2D eigenvalue weighted by molar-refractivity contribution is 6.86. The third-order valence-corrected chi connectivity index (χ3v) is 13.8. The van der Waals surface area contributed by atoms with Crippen LogP contribution in [0.25, 0.3) is 0 Å². The lowest BCUT2D eigenvalue weighted by Crippen LogP contribution is -2.52. The van der Waals surface area contributed by atoms with E-state index in [1.807, 2.05) is 0 Å². The third-order valence-electron chi connectivity index (χ3n) is 1.54. The molecule has 0 aromatic carbocycles. The molecule has 0 unspecified atom stereocenters. The zero-order valence-electron chi connectivity index (χ0n) is 14.3. The highest BCUT2D eigenvalue weighted by Crippen LogP contribution is 2.20. The second kappa shape index (κ2) is 10.9. The van der Waals surface area contributed by atoms with Crippen LogP contribution in [0.1, 0.15) is 0 Å². The molecular formula is C12H34O3Si4. The zero-order valence-corrected chi connectivity index (χ0v) is 18.7. The van der Waals surface area contributed by atoms with Crippen molar-refractivity contribution in [2.75, 3.05) is 0 Å². The van der Waals surface area contributed by atoms with E-state index >= 15 is 0 Å². The minimum Gasteiger partial charge on any atom is -0.442 e. The molecule has 116 valence electrons. The molecule has 0 saturated carbocycles. The summed E-state index contributed by atoms with van der Waals surface area (Å²) in [5.41, 5.74) is 0. The summed E-state index contributed by atoms with van der Waals surface area (Å²) in [5.74, 6) is 0. The van der Waals surface area contributed by atoms with Gasteiger partial charge in [-0.05, 0) is 45.8 Å². The van der Waals surface area contributed by atoms with Crippen LogP contribution in [-0.4, -0.2) is 35.2 Å². The molecule has 0 aliphatic heterocycles. The first-order valence-electron chi connectivity index (χ1n) is 6.52. The van der Waals surface area contributed by atoms with Crippen molar-refractivity contribution < 1.29 is 12.3 Å². The van der Waals surface area contributed by atoms with Gasteiger partial charge in [-0.25, -0.2) is 0 Å². The fourth-order valence-electron chi connectivity index (χ4n) is 1.73. The van der Waals surface area contributed by atoms with Gasteiger partial charge in [0, 0.05) is 0 Å². The minimum absolute atomic E-state index is 0.386. The quantitative estimate of drug-likeness (QED) is 0.541. The summed E-state index contributed by atoms with van der Waals surface area (Å²) in [6.45, 7) is 29.2. The molecule has 0 aliphatic carbocycles. The molecule has 3 nitrogen and oxygen atoms in total. The van der Waals surface area contributed by atoms with Gasteiger partial charge < -0.3 is 12.3 Å². The van der Waals surface area contributed by atoms with Crippen molar-refractivity contribution in [1.29, 1.82) is 0 Å². The first-order valence-corrected chi connectivity index (χ1v) is 17.5. The molecule has 0 aromatic rings. The van der Waals surface area contributed by atoms with Crippen molar-refractivity contribution in [3.63, 3.8) is 0 Å². The van der Waals surface area contributed by atoms with Crippen LogP contribution in [0.3, 0.4) is 0 Å². The summed E-state index contributed by atoms with van der Waals surface area (Å²) in [5, 5.41) is 0. The van der Waals surface area contributed by atoms with Gasteiger partial charge in [0.05, 0.1) is 0 Å². The minimum atomic E-state index is -1.99. The van der Waals surface area contributed by atoms with E-state index in [2.05, 4.69) is 78.7 Å². The molecule has 0 bridgehead atoms. The molecule has 0 heterocycles. The lowest BCUT2D eigenvalue weighted by Gasteiger charge is -2.36. The monoisotopic (exact) mass is 338 g/mol. The Morgan fingerprint density at radius 1 is 0.684 bits per heavy atom. The van der Waals surface area contributed by atoms with Gasteiger partial charge in [0.2, 0.25) is 0 Å². The second-order valence-corrected chi connectivity index (χ2v) is 18.7.